The molecule has 1 fully saturated rings. The van der Waals surface area contributed by atoms with Gasteiger partial charge in [-0.25, -0.2) is 14.5 Å². The second kappa shape index (κ2) is 11.9. The number of nitrogens with one attached hydrogen (secondary N) is 1. The molecule has 12 heteroatoms. The van der Waals surface area contributed by atoms with Gasteiger partial charge in [-0.1, -0.05) is 36.4 Å². The predicted molar refractivity (Wildman–Crippen MR) is 160 cm³/mol. The van der Waals surface area contributed by atoms with Gasteiger partial charge in [-0.15, -0.1) is 18.3 Å². The third-order valence-corrected chi connectivity index (χ3v) is 7.84. The minimum Gasteiger partial charge on any atom is -0.406 e. The summed E-state index contributed by atoms with van der Waals surface area (Å²) < 4.78 is 42.6. The number of thioether (sulfide) groups is 1. The maximum Gasteiger partial charge on any atom is 0.573 e. The summed E-state index contributed by atoms with van der Waals surface area (Å²) in [6.45, 7) is 8.40. The molecule has 0 bridgehead atoms. The maximum absolute atomic E-state index is 12.9. The van der Waals surface area contributed by atoms with Crippen molar-refractivity contribution in [2.45, 2.75) is 46.5 Å². The molecule has 8 nitrogen and oxygen atoms in total. The summed E-state index contributed by atoms with van der Waals surface area (Å²) in [7, 11) is 0. The van der Waals surface area contributed by atoms with Crippen LogP contribution in [0.25, 0.3) is 17.1 Å². The van der Waals surface area contributed by atoms with E-state index in [1.165, 1.54) is 40.8 Å². The average Bonchev–Trinajstić information content (AvgIpc) is 3.56. The number of rotatable bonds is 6. The van der Waals surface area contributed by atoms with Crippen LogP contribution in [0.1, 0.15) is 30.0 Å². The van der Waals surface area contributed by atoms with Gasteiger partial charge < -0.3 is 15.0 Å². The molecule has 4 aromatic rings. The Morgan fingerprint density at radius 3 is 2.36 bits per heavy atom. The minimum atomic E-state index is -4.76. The first-order chi connectivity index (χ1) is 20.0. The molecular formula is C30H29F3N6O2S. The highest BCUT2D eigenvalue weighted by Gasteiger charge is 2.33. The quantitative estimate of drug-likeness (QED) is 0.247. The summed E-state index contributed by atoms with van der Waals surface area (Å²) >= 11 is 1.58. The van der Waals surface area contributed by atoms with Crippen molar-refractivity contribution in [2.24, 2.45) is 4.99 Å². The number of amidine groups is 1. The summed E-state index contributed by atoms with van der Waals surface area (Å²) in [5.41, 5.74) is 6.39. The van der Waals surface area contributed by atoms with Gasteiger partial charge in [0.15, 0.2) is 11.0 Å². The van der Waals surface area contributed by atoms with Gasteiger partial charge in [-0.2, -0.15) is 4.99 Å². The molecule has 1 saturated heterocycles. The van der Waals surface area contributed by atoms with Crippen molar-refractivity contribution < 1.29 is 22.7 Å². The fourth-order valence-corrected chi connectivity index (χ4v) is 6.20. The molecular weight excluding hydrogens is 565 g/mol. The number of aryl methyl sites for hydroxylation is 3. The van der Waals surface area contributed by atoms with Crippen LogP contribution in [-0.2, 0) is 0 Å². The Balaban J connectivity index is 1.27. The van der Waals surface area contributed by atoms with E-state index in [0.29, 0.717) is 27.9 Å². The number of carbonyl (C=O) groups is 1. The van der Waals surface area contributed by atoms with Crippen molar-refractivity contribution in [2.75, 3.05) is 16.0 Å². The normalized spacial score (nSPS) is 16.2. The van der Waals surface area contributed by atoms with Crippen LogP contribution >= 0.6 is 11.8 Å². The molecule has 218 valence electrons. The van der Waals surface area contributed by atoms with E-state index in [2.05, 4.69) is 69.9 Å². The molecule has 0 saturated carbocycles. The summed E-state index contributed by atoms with van der Waals surface area (Å²) in [5.74, 6) is 0.949. The molecule has 1 aliphatic rings. The second-order valence-corrected chi connectivity index (χ2v) is 10.9. The van der Waals surface area contributed by atoms with E-state index in [0.717, 1.165) is 29.0 Å². The number of hydrogen-bond donors (Lipinski definition) is 1. The molecule has 1 unspecified atom stereocenters. The summed E-state index contributed by atoms with van der Waals surface area (Å²) in [6.07, 6.45) is -2.36. The van der Waals surface area contributed by atoms with Gasteiger partial charge in [0.1, 0.15) is 12.1 Å². The van der Waals surface area contributed by atoms with Crippen molar-refractivity contribution in [3.63, 3.8) is 0 Å². The lowest BCUT2D eigenvalue weighted by Gasteiger charge is -2.28. The molecule has 1 aromatic heterocycles. The first-order valence-corrected chi connectivity index (χ1v) is 14.3. The molecule has 0 spiro atoms. The monoisotopic (exact) mass is 594 g/mol. The number of hydrogen-bond acceptors (Lipinski definition) is 5. The van der Waals surface area contributed by atoms with Crippen molar-refractivity contribution in [3.05, 3.63) is 83.7 Å². The number of halogens is 3. The van der Waals surface area contributed by atoms with Crippen molar-refractivity contribution in [1.29, 1.82) is 0 Å². The zero-order chi connectivity index (χ0) is 30.0. The van der Waals surface area contributed by atoms with Crippen LogP contribution in [-0.4, -0.2) is 44.1 Å². The van der Waals surface area contributed by atoms with Crippen LogP contribution in [0.15, 0.2) is 72.0 Å². The first-order valence-electron chi connectivity index (χ1n) is 13.3. The van der Waals surface area contributed by atoms with Crippen LogP contribution in [0.3, 0.4) is 0 Å². The van der Waals surface area contributed by atoms with E-state index in [1.807, 2.05) is 0 Å². The number of benzene rings is 3. The van der Waals surface area contributed by atoms with E-state index >= 15 is 0 Å². The molecule has 42 heavy (non-hydrogen) atoms. The van der Waals surface area contributed by atoms with Crippen LogP contribution in [0, 0.1) is 20.8 Å². The van der Waals surface area contributed by atoms with Gasteiger partial charge in [-0.05, 0) is 86.8 Å². The van der Waals surface area contributed by atoms with E-state index in [1.54, 1.807) is 36.0 Å². The SMILES string of the molecule is CCC1CS/C(=N\C(=O)Nc2ccc(-c3ncn(-c4ccc(OC(F)(F)F)cc4)n3)cc2)N1c1c(C)cc(C)cc1C. The number of anilines is 2. The molecule has 2 heterocycles. The number of urea groups is 1. The van der Waals surface area contributed by atoms with E-state index in [9.17, 15) is 18.0 Å². The van der Waals surface area contributed by atoms with E-state index in [4.69, 9.17) is 0 Å². The van der Waals surface area contributed by atoms with Gasteiger partial charge in [-0.3, -0.25) is 0 Å². The Hall–Kier alpha value is -4.32. The van der Waals surface area contributed by atoms with E-state index < -0.39 is 12.4 Å². The predicted octanol–water partition coefficient (Wildman–Crippen LogP) is 7.68. The molecule has 0 aliphatic carbocycles. The molecule has 0 radical (unpaired) electrons. The van der Waals surface area contributed by atoms with E-state index in [-0.39, 0.29) is 11.8 Å². The van der Waals surface area contributed by atoms with Gasteiger partial charge in [0, 0.05) is 28.7 Å². The van der Waals surface area contributed by atoms with Crippen molar-refractivity contribution in [1.82, 2.24) is 14.8 Å². The zero-order valence-electron chi connectivity index (χ0n) is 23.4. The Bertz CT molecular complexity index is 1590. The fraction of sp³-hybridized carbons (Fsp3) is 0.267. The highest BCUT2D eigenvalue weighted by Crippen LogP contribution is 2.36. The summed E-state index contributed by atoms with van der Waals surface area (Å²) in [4.78, 5) is 23.9. The second-order valence-electron chi connectivity index (χ2n) is 9.95. The van der Waals surface area contributed by atoms with Gasteiger partial charge in [0.05, 0.1) is 5.69 Å². The van der Waals surface area contributed by atoms with Crippen LogP contribution in [0.4, 0.5) is 29.3 Å². The number of aliphatic imine (C=N–C) groups is 1. The standard InChI is InChI=1S/C30H29F3N6O2S/c1-5-23-16-42-29(39(23)26-19(3)14-18(2)15-20(26)4)36-28(40)35-22-8-6-21(7-9-22)27-34-17-38(37-27)24-10-12-25(13-11-24)41-30(31,32)33/h6-15,17,23H,5,16H2,1-4H3,(H,35,40)/b36-29-. The Labute approximate surface area is 245 Å². The number of nitrogens with zero attached hydrogens (tertiary/aromatic N) is 5. The average molecular weight is 595 g/mol. The third-order valence-electron chi connectivity index (χ3n) is 6.74. The largest absolute Gasteiger partial charge is 0.573 e. The number of alkyl halides is 3. The molecule has 2 amide bonds. The molecule has 1 N–H and O–H groups in total. The first kappa shape index (κ1) is 29.2. The third kappa shape index (κ3) is 6.59. The van der Waals surface area contributed by atoms with Crippen molar-refractivity contribution in [3.8, 4) is 22.8 Å². The van der Waals surface area contributed by atoms with Crippen LogP contribution in [0.2, 0.25) is 0 Å². The number of amides is 2. The van der Waals surface area contributed by atoms with Gasteiger partial charge in [0.25, 0.3) is 0 Å². The number of aromatic nitrogens is 3. The number of carbonyl (C=O) groups excluding carboxylic acids is 1. The van der Waals surface area contributed by atoms with Crippen LogP contribution < -0.4 is 15.0 Å². The van der Waals surface area contributed by atoms with Gasteiger partial charge >= 0.3 is 12.4 Å². The number of ether oxygens (including phenoxy) is 1. The maximum atomic E-state index is 12.9. The molecule has 1 aliphatic heterocycles. The van der Waals surface area contributed by atoms with Gasteiger partial charge in [0.2, 0.25) is 0 Å². The highest BCUT2D eigenvalue weighted by atomic mass is 32.2. The lowest BCUT2D eigenvalue weighted by Crippen LogP contribution is -2.35. The Morgan fingerprint density at radius 2 is 1.74 bits per heavy atom. The zero-order valence-corrected chi connectivity index (χ0v) is 24.3. The van der Waals surface area contributed by atoms with Crippen molar-refractivity contribution >= 4 is 34.3 Å². The highest BCUT2D eigenvalue weighted by molar-refractivity contribution is 8.14. The Kier molecular flexibility index (Phi) is 8.26. The minimum absolute atomic E-state index is 0.249. The molecule has 5 rings (SSSR count). The lowest BCUT2D eigenvalue weighted by atomic mass is 10.0. The van der Waals surface area contributed by atoms with Crippen LogP contribution in [0.5, 0.6) is 5.75 Å². The lowest BCUT2D eigenvalue weighted by molar-refractivity contribution is -0.274. The molecule has 3 aromatic carbocycles. The summed E-state index contributed by atoms with van der Waals surface area (Å²) in [6, 6.07) is 16.4. The topological polar surface area (TPSA) is 84.6 Å². The Morgan fingerprint density at radius 1 is 1.07 bits per heavy atom. The fourth-order valence-electron chi connectivity index (χ4n) is 4.95. The molecule has 1 atom stereocenters. The summed E-state index contributed by atoms with van der Waals surface area (Å²) in [5, 5.41) is 7.93. The smallest absolute Gasteiger partial charge is 0.406 e.